The molecule has 0 bridgehead atoms. The summed E-state index contributed by atoms with van der Waals surface area (Å²) in [5, 5.41) is 3.55. The van der Waals surface area contributed by atoms with E-state index >= 15 is 0 Å². The van der Waals surface area contributed by atoms with Crippen molar-refractivity contribution in [2.24, 2.45) is 0 Å². The van der Waals surface area contributed by atoms with Crippen LogP contribution in [-0.2, 0) is 23.0 Å². The molecule has 0 saturated carbocycles. The molecule has 1 unspecified atom stereocenters. The molecule has 1 aliphatic carbocycles. The molecule has 1 atom stereocenters. The summed E-state index contributed by atoms with van der Waals surface area (Å²) >= 11 is 0. The number of nitrogens with one attached hydrogen (secondary N) is 1. The highest BCUT2D eigenvalue weighted by Crippen LogP contribution is 2.31. The lowest BCUT2D eigenvalue weighted by molar-refractivity contribution is 0.445. The second-order valence-electron chi connectivity index (χ2n) is 6.14. The van der Waals surface area contributed by atoms with Crippen LogP contribution in [0.3, 0.4) is 0 Å². The summed E-state index contributed by atoms with van der Waals surface area (Å²) < 4.78 is 30.4. The van der Waals surface area contributed by atoms with Gasteiger partial charge in [0.15, 0.2) is 0 Å². The van der Waals surface area contributed by atoms with Crippen LogP contribution >= 0.6 is 0 Å². The Bertz CT molecular complexity index is 788. The SMILES string of the molecule is CCCNC1CCc2c(cccc2OS(=O)(=O)c2ccccc2)C1. The molecular weight excluding hydrogens is 322 g/mol. The van der Waals surface area contributed by atoms with Gasteiger partial charge in [0.2, 0.25) is 0 Å². The van der Waals surface area contributed by atoms with E-state index in [1.807, 2.05) is 6.07 Å². The van der Waals surface area contributed by atoms with E-state index in [4.69, 9.17) is 4.18 Å². The van der Waals surface area contributed by atoms with E-state index in [0.717, 1.165) is 37.8 Å². The van der Waals surface area contributed by atoms with Crippen LogP contribution in [-0.4, -0.2) is 21.0 Å². The minimum atomic E-state index is -3.79. The minimum absolute atomic E-state index is 0.181. The molecule has 0 saturated heterocycles. The summed E-state index contributed by atoms with van der Waals surface area (Å²) in [4.78, 5) is 0.181. The fourth-order valence-corrected chi connectivity index (χ4v) is 4.11. The third-order valence-corrected chi connectivity index (χ3v) is 5.60. The Hall–Kier alpha value is -1.85. The second-order valence-corrected chi connectivity index (χ2v) is 7.68. The first-order chi connectivity index (χ1) is 11.6. The average molecular weight is 345 g/mol. The Morgan fingerprint density at radius 1 is 1.12 bits per heavy atom. The van der Waals surface area contributed by atoms with Crippen LogP contribution < -0.4 is 9.50 Å². The summed E-state index contributed by atoms with van der Waals surface area (Å²) in [5.41, 5.74) is 2.20. The highest BCUT2D eigenvalue weighted by atomic mass is 32.2. The maximum Gasteiger partial charge on any atom is 0.339 e. The first-order valence-electron chi connectivity index (χ1n) is 8.44. The number of rotatable bonds is 6. The van der Waals surface area contributed by atoms with Gasteiger partial charge in [-0.2, -0.15) is 8.42 Å². The zero-order chi connectivity index (χ0) is 17.0. The van der Waals surface area contributed by atoms with E-state index in [2.05, 4.69) is 18.3 Å². The van der Waals surface area contributed by atoms with Crippen molar-refractivity contribution in [2.45, 2.75) is 43.5 Å². The van der Waals surface area contributed by atoms with Gasteiger partial charge in [0, 0.05) is 6.04 Å². The Kier molecular flexibility index (Phi) is 5.21. The molecule has 0 heterocycles. The van der Waals surface area contributed by atoms with Crippen LogP contribution in [0.25, 0.3) is 0 Å². The summed E-state index contributed by atoms with van der Waals surface area (Å²) in [6.07, 6.45) is 3.86. The molecular formula is C19H23NO3S. The van der Waals surface area contributed by atoms with E-state index in [1.54, 1.807) is 36.4 Å². The van der Waals surface area contributed by atoms with E-state index in [0.29, 0.717) is 11.8 Å². The van der Waals surface area contributed by atoms with Crippen molar-refractivity contribution in [3.63, 3.8) is 0 Å². The topological polar surface area (TPSA) is 55.4 Å². The first kappa shape index (κ1) is 17.0. The molecule has 0 radical (unpaired) electrons. The molecule has 0 fully saturated rings. The van der Waals surface area contributed by atoms with Crippen molar-refractivity contribution in [1.29, 1.82) is 0 Å². The molecule has 0 amide bonds. The number of hydrogen-bond acceptors (Lipinski definition) is 4. The van der Waals surface area contributed by atoms with Crippen molar-refractivity contribution in [3.05, 3.63) is 59.7 Å². The van der Waals surface area contributed by atoms with E-state index in [1.165, 1.54) is 5.56 Å². The molecule has 0 aromatic heterocycles. The lowest BCUT2D eigenvalue weighted by atomic mass is 9.87. The highest BCUT2D eigenvalue weighted by Gasteiger charge is 2.24. The molecule has 0 spiro atoms. The van der Waals surface area contributed by atoms with Crippen molar-refractivity contribution < 1.29 is 12.6 Å². The lowest BCUT2D eigenvalue weighted by Gasteiger charge is -2.26. The van der Waals surface area contributed by atoms with Crippen molar-refractivity contribution >= 4 is 10.1 Å². The Morgan fingerprint density at radius 2 is 1.92 bits per heavy atom. The van der Waals surface area contributed by atoms with Crippen molar-refractivity contribution in [1.82, 2.24) is 5.32 Å². The standard InChI is InChI=1S/C19H23NO3S/c1-2-13-20-16-11-12-18-15(14-16)7-6-10-19(18)23-24(21,22)17-8-4-3-5-9-17/h3-10,16,20H,2,11-14H2,1H3. The van der Waals surface area contributed by atoms with E-state index < -0.39 is 10.1 Å². The van der Waals surface area contributed by atoms with Gasteiger partial charge in [-0.15, -0.1) is 0 Å². The van der Waals surface area contributed by atoms with Crippen LogP contribution in [0.2, 0.25) is 0 Å². The monoisotopic (exact) mass is 345 g/mol. The lowest BCUT2D eigenvalue weighted by Crippen LogP contribution is -2.35. The molecule has 5 heteroatoms. The van der Waals surface area contributed by atoms with Crippen molar-refractivity contribution in [3.8, 4) is 5.75 Å². The molecule has 4 nitrogen and oxygen atoms in total. The first-order valence-corrected chi connectivity index (χ1v) is 9.84. The van der Waals surface area contributed by atoms with Crippen LogP contribution in [0.4, 0.5) is 0 Å². The fourth-order valence-electron chi connectivity index (χ4n) is 3.13. The second kappa shape index (κ2) is 7.36. The predicted octanol–water partition coefficient (Wildman–Crippen LogP) is 3.31. The van der Waals surface area contributed by atoms with E-state index in [9.17, 15) is 8.42 Å². The zero-order valence-corrected chi connectivity index (χ0v) is 14.7. The van der Waals surface area contributed by atoms with Gasteiger partial charge in [-0.1, -0.05) is 37.3 Å². The van der Waals surface area contributed by atoms with Crippen molar-refractivity contribution in [2.75, 3.05) is 6.54 Å². The smallest absolute Gasteiger partial charge is 0.339 e. The van der Waals surface area contributed by atoms with Crippen LogP contribution in [0, 0.1) is 0 Å². The van der Waals surface area contributed by atoms with Gasteiger partial charge in [-0.05, 0) is 61.6 Å². The third-order valence-electron chi connectivity index (χ3n) is 4.35. The fraction of sp³-hybridized carbons (Fsp3) is 0.368. The quantitative estimate of drug-likeness (QED) is 0.816. The highest BCUT2D eigenvalue weighted by molar-refractivity contribution is 7.87. The number of benzene rings is 2. The Morgan fingerprint density at radius 3 is 2.67 bits per heavy atom. The Labute approximate surface area is 144 Å². The molecule has 2 aromatic carbocycles. The zero-order valence-electron chi connectivity index (χ0n) is 13.9. The molecule has 128 valence electrons. The summed E-state index contributed by atoms with van der Waals surface area (Å²) in [6, 6.07) is 14.4. The third kappa shape index (κ3) is 3.79. The molecule has 1 N–H and O–H groups in total. The van der Waals surface area contributed by atoms with Crippen LogP contribution in [0.15, 0.2) is 53.4 Å². The number of fused-ring (bicyclic) bond motifs is 1. The maximum atomic E-state index is 12.5. The van der Waals surface area contributed by atoms with Gasteiger partial charge in [-0.25, -0.2) is 0 Å². The molecule has 2 aromatic rings. The van der Waals surface area contributed by atoms with Gasteiger partial charge in [-0.3, -0.25) is 0 Å². The minimum Gasteiger partial charge on any atom is -0.379 e. The summed E-state index contributed by atoms with van der Waals surface area (Å²) in [6.45, 7) is 3.17. The molecule has 0 aliphatic heterocycles. The van der Waals surface area contributed by atoms with Gasteiger partial charge >= 0.3 is 10.1 Å². The Balaban J connectivity index is 1.82. The van der Waals surface area contributed by atoms with Gasteiger partial charge in [0.1, 0.15) is 10.6 Å². The maximum absolute atomic E-state index is 12.5. The molecule has 24 heavy (non-hydrogen) atoms. The van der Waals surface area contributed by atoms with Crippen LogP contribution in [0.1, 0.15) is 30.9 Å². The van der Waals surface area contributed by atoms with Crippen LogP contribution in [0.5, 0.6) is 5.75 Å². The van der Waals surface area contributed by atoms with Gasteiger partial charge in [0.25, 0.3) is 0 Å². The molecule has 1 aliphatic rings. The van der Waals surface area contributed by atoms with E-state index in [-0.39, 0.29) is 4.90 Å². The van der Waals surface area contributed by atoms with Gasteiger partial charge < -0.3 is 9.50 Å². The average Bonchev–Trinajstić information content (AvgIpc) is 2.60. The largest absolute Gasteiger partial charge is 0.379 e. The number of hydrogen-bond donors (Lipinski definition) is 1. The predicted molar refractivity (Wildman–Crippen MR) is 94.8 cm³/mol. The summed E-state index contributed by atoms with van der Waals surface area (Å²) in [5.74, 6) is 0.463. The summed E-state index contributed by atoms with van der Waals surface area (Å²) in [7, 11) is -3.79. The normalized spacial score (nSPS) is 17.3. The van der Waals surface area contributed by atoms with Gasteiger partial charge in [0.05, 0.1) is 0 Å². The molecule has 3 rings (SSSR count).